The van der Waals surface area contributed by atoms with E-state index in [-0.39, 0.29) is 0 Å². The van der Waals surface area contributed by atoms with Crippen LogP contribution in [0.15, 0.2) is 61.1 Å². The number of piperidine rings is 1. The fourth-order valence-corrected chi connectivity index (χ4v) is 4.74. The van der Waals surface area contributed by atoms with Gasteiger partial charge in [0.15, 0.2) is 11.5 Å². The van der Waals surface area contributed by atoms with E-state index >= 15 is 0 Å². The molecule has 168 valence electrons. The van der Waals surface area contributed by atoms with Crippen LogP contribution in [-0.4, -0.2) is 44.7 Å². The Hall–Kier alpha value is -3.58. The molecule has 0 spiro atoms. The second-order valence-corrected chi connectivity index (χ2v) is 9.34. The topological polar surface area (TPSA) is 77.7 Å². The number of imidazole rings is 1. The normalized spacial score (nSPS) is 17.1. The molecule has 0 saturated carbocycles. The van der Waals surface area contributed by atoms with Gasteiger partial charge in [-0.2, -0.15) is 0 Å². The van der Waals surface area contributed by atoms with Crippen LogP contribution in [0.25, 0.3) is 16.9 Å². The van der Waals surface area contributed by atoms with Gasteiger partial charge >= 0.3 is 0 Å². The van der Waals surface area contributed by atoms with Crippen molar-refractivity contribution in [3.8, 4) is 11.3 Å². The summed E-state index contributed by atoms with van der Waals surface area (Å²) >= 11 is 0. The van der Waals surface area contributed by atoms with E-state index in [2.05, 4.69) is 63.0 Å². The quantitative estimate of drug-likeness (QED) is 0.435. The van der Waals surface area contributed by atoms with Crippen LogP contribution in [0, 0.1) is 0 Å². The molecule has 1 fully saturated rings. The lowest BCUT2D eigenvalue weighted by molar-refractivity contribution is 0.0351. The molecule has 0 unspecified atom stereocenters. The molecule has 2 aliphatic rings. The molecule has 7 heteroatoms. The second kappa shape index (κ2) is 7.78. The second-order valence-electron chi connectivity index (χ2n) is 9.34. The van der Waals surface area contributed by atoms with Crippen LogP contribution in [0.2, 0.25) is 0 Å². The van der Waals surface area contributed by atoms with Gasteiger partial charge in [0, 0.05) is 60.9 Å². The summed E-state index contributed by atoms with van der Waals surface area (Å²) in [6.45, 7) is 4.65. The first-order valence-corrected chi connectivity index (χ1v) is 11.6. The van der Waals surface area contributed by atoms with Crippen LogP contribution in [0.5, 0.6) is 0 Å². The Bertz CT molecular complexity index is 1300. The van der Waals surface area contributed by atoms with E-state index in [0.717, 1.165) is 67.3 Å². The Balaban J connectivity index is 1.27. The highest BCUT2D eigenvalue weighted by molar-refractivity contribution is 5.76. The van der Waals surface area contributed by atoms with Gasteiger partial charge in [-0.25, -0.2) is 9.97 Å². The number of hydrogen-bond acceptors (Lipinski definition) is 6. The van der Waals surface area contributed by atoms with Gasteiger partial charge in [0.05, 0.1) is 11.3 Å². The van der Waals surface area contributed by atoms with E-state index < -0.39 is 5.60 Å². The third kappa shape index (κ3) is 3.89. The minimum Gasteiger partial charge on any atom is -0.390 e. The third-order valence-corrected chi connectivity index (χ3v) is 6.83. The highest BCUT2D eigenvalue weighted by atomic mass is 16.3. The zero-order valence-corrected chi connectivity index (χ0v) is 18.8. The predicted molar refractivity (Wildman–Crippen MR) is 132 cm³/mol. The Morgan fingerprint density at radius 3 is 2.73 bits per heavy atom. The number of fused-ring (bicyclic) bond motifs is 2. The molecule has 0 amide bonds. The molecule has 7 nitrogen and oxygen atoms in total. The Kier molecular flexibility index (Phi) is 4.73. The van der Waals surface area contributed by atoms with Crippen molar-refractivity contribution in [1.29, 1.82) is 0 Å². The maximum absolute atomic E-state index is 10.2. The molecule has 4 aromatic rings. The van der Waals surface area contributed by atoms with E-state index in [1.54, 1.807) is 6.20 Å². The van der Waals surface area contributed by atoms with Gasteiger partial charge in [-0.3, -0.25) is 0 Å². The van der Waals surface area contributed by atoms with Gasteiger partial charge in [-0.15, -0.1) is 0 Å². The van der Waals surface area contributed by atoms with Crippen LogP contribution in [0.3, 0.4) is 0 Å². The monoisotopic (exact) mass is 440 g/mol. The first kappa shape index (κ1) is 20.1. The summed E-state index contributed by atoms with van der Waals surface area (Å²) in [4.78, 5) is 11.8. The van der Waals surface area contributed by atoms with E-state index in [1.165, 1.54) is 16.9 Å². The van der Waals surface area contributed by atoms with Crippen LogP contribution in [0.4, 0.5) is 22.9 Å². The van der Waals surface area contributed by atoms with Gasteiger partial charge in [0.25, 0.3) is 0 Å². The number of rotatable bonds is 4. The molecular weight excluding hydrogens is 412 g/mol. The first-order valence-electron chi connectivity index (χ1n) is 11.6. The van der Waals surface area contributed by atoms with Crippen molar-refractivity contribution in [3.05, 3.63) is 66.6 Å². The molecule has 0 bridgehead atoms. The van der Waals surface area contributed by atoms with Crippen LogP contribution < -0.4 is 15.5 Å². The van der Waals surface area contributed by atoms with E-state index in [0.29, 0.717) is 0 Å². The largest absolute Gasteiger partial charge is 0.390 e. The van der Waals surface area contributed by atoms with Crippen molar-refractivity contribution in [3.63, 3.8) is 0 Å². The zero-order chi connectivity index (χ0) is 22.4. The number of aromatic nitrogens is 3. The van der Waals surface area contributed by atoms with Crippen LogP contribution >= 0.6 is 0 Å². The molecule has 2 aromatic carbocycles. The summed E-state index contributed by atoms with van der Waals surface area (Å²) in [7, 11) is 0. The van der Waals surface area contributed by atoms with Gasteiger partial charge in [-0.1, -0.05) is 12.1 Å². The first-order chi connectivity index (χ1) is 16.0. The van der Waals surface area contributed by atoms with Gasteiger partial charge in [-0.05, 0) is 62.1 Å². The number of benzene rings is 2. The summed E-state index contributed by atoms with van der Waals surface area (Å²) in [6.07, 6.45) is 8.43. The molecule has 0 radical (unpaired) electrons. The molecule has 0 aliphatic carbocycles. The van der Waals surface area contributed by atoms with Crippen molar-refractivity contribution < 1.29 is 5.11 Å². The van der Waals surface area contributed by atoms with Gasteiger partial charge in [0.2, 0.25) is 0 Å². The van der Waals surface area contributed by atoms with Crippen LogP contribution in [0.1, 0.15) is 25.3 Å². The number of nitrogens with one attached hydrogen (secondary N) is 2. The molecule has 0 atom stereocenters. The maximum Gasteiger partial charge on any atom is 0.180 e. The minimum atomic E-state index is -0.543. The zero-order valence-electron chi connectivity index (χ0n) is 18.8. The molecule has 2 aromatic heterocycles. The Morgan fingerprint density at radius 2 is 1.91 bits per heavy atom. The average Bonchev–Trinajstić information content (AvgIpc) is 3.48. The molecule has 33 heavy (non-hydrogen) atoms. The summed E-state index contributed by atoms with van der Waals surface area (Å²) in [5.74, 6) is 0.729. The third-order valence-electron chi connectivity index (χ3n) is 6.83. The lowest BCUT2D eigenvalue weighted by Gasteiger charge is -2.37. The molecule has 3 N–H and O–H groups in total. The van der Waals surface area contributed by atoms with E-state index in [9.17, 15) is 5.11 Å². The summed E-state index contributed by atoms with van der Waals surface area (Å²) in [5, 5.41) is 17.1. The van der Waals surface area contributed by atoms with Crippen molar-refractivity contribution in [2.45, 2.75) is 31.8 Å². The smallest absolute Gasteiger partial charge is 0.180 e. The van der Waals surface area contributed by atoms with Crippen molar-refractivity contribution in [2.75, 3.05) is 35.2 Å². The lowest BCUT2D eigenvalue weighted by Crippen LogP contribution is -2.42. The van der Waals surface area contributed by atoms with Crippen molar-refractivity contribution in [1.82, 2.24) is 14.4 Å². The lowest BCUT2D eigenvalue weighted by atomic mass is 9.93. The highest BCUT2D eigenvalue weighted by Crippen LogP contribution is 2.31. The number of anilines is 4. The summed E-state index contributed by atoms with van der Waals surface area (Å²) in [6, 6.07) is 14.9. The molecule has 4 heterocycles. The van der Waals surface area contributed by atoms with Crippen molar-refractivity contribution >= 4 is 28.5 Å². The SMILES string of the molecule is CC1(O)CCN(c2ccc(Nc3nc(-c4ccc5c(c4)NCC5)cn4ccnc34)cc2)CC1. The fourth-order valence-electron chi connectivity index (χ4n) is 4.74. The average molecular weight is 441 g/mol. The Labute approximate surface area is 193 Å². The number of aliphatic hydroxyl groups is 1. The van der Waals surface area contributed by atoms with Crippen LogP contribution in [-0.2, 0) is 6.42 Å². The van der Waals surface area contributed by atoms with Gasteiger partial charge < -0.3 is 25.0 Å². The molecule has 2 aliphatic heterocycles. The van der Waals surface area contributed by atoms with Gasteiger partial charge in [0.1, 0.15) is 0 Å². The number of hydrogen-bond donors (Lipinski definition) is 3. The molecule has 1 saturated heterocycles. The maximum atomic E-state index is 10.2. The summed E-state index contributed by atoms with van der Waals surface area (Å²) < 4.78 is 2.01. The molecule has 6 rings (SSSR count). The fraction of sp³-hybridized carbons (Fsp3) is 0.308. The minimum absolute atomic E-state index is 0.543. The standard InChI is InChI=1S/C26H28N6O/c1-26(33)9-13-31(14-10-26)21-6-4-20(5-7-21)29-24-25-28-12-15-32(25)17-23(30-24)19-3-2-18-8-11-27-22(18)16-19/h2-7,12,15-17,27,33H,8-11,13-14H2,1H3,(H,29,30). The number of nitrogens with zero attached hydrogens (tertiary/aromatic N) is 4. The van der Waals surface area contributed by atoms with Crippen molar-refractivity contribution in [2.24, 2.45) is 0 Å². The molecular formula is C26H28N6O. The Morgan fingerprint density at radius 1 is 1.09 bits per heavy atom. The van der Waals surface area contributed by atoms with E-state index in [4.69, 9.17) is 4.98 Å². The highest BCUT2D eigenvalue weighted by Gasteiger charge is 2.27. The summed E-state index contributed by atoms with van der Waals surface area (Å²) in [5.41, 5.74) is 6.93. The predicted octanol–water partition coefficient (Wildman–Crippen LogP) is 4.46. The van der Waals surface area contributed by atoms with E-state index in [1.807, 2.05) is 23.7 Å².